The Morgan fingerprint density at radius 1 is 1.37 bits per heavy atom. The first-order valence-corrected chi connectivity index (χ1v) is 17.5. The summed E-state index contributed by atoms with van der Waals surface area (Å²) >= 11 is -2.21. The molecule has 0 aliphatic carbocycles. The summed E-state index contributed by atoms with van der Waals surface area (Å²) in [7, 11) is 15.0. The zero-order valence-corrected chi connectivity index (χ0v) is 16.2. The molecule has 1 aromatic rings. The molecule has 1 aromatic carbocycles. The van der Waals surface area contributed by atoms with Gasteiger partial charge in [0.05, 0.1) is 6.61 Å². The molecule has 0 heterocycles. The van der Waals surface area contributed by atoms with E-state index in [1.165, 1.54) is 0 Å². The Morgan fingerprint density at radius 3 is 2.32 bits per heavy atom. The molecular weight excluding hydrogens is 362 g/mol. The fraction of sp³-hybridized carbons (Fsp3) is 0.455. The number of rotatable bonds is 4. The molecule has 8 heteroatoms. The molecule has 0 bridgehead atoms. The first-order chi connectivity index (χ1) is 8.96. The minimum atomic E-state index is -2.21. The molecule has 104 valence electrons. The number of hydrogen-bond donors (Lipinski definition) is 1. The van der Waals surface area contributed by atoms with E-state index in [-0.39, 0.29) is 6.61 Å². The number of likely N-dealkylation sites (N-methyl/N-ethyl adjacent to an activating group) is 1. The molecule has 0 saturated heterocycles. The average Bonchev–Trinajstić information content (AvgIpc) is 2.35. The van der Waals surface area contributed by atoms with Gasteiger partial charge in [-0.15, -0.1) is 0 Å². The van der Waals surface area contributed by atoms with Gasteiger partial charge in [0, 0.05) is 30.4 Å². The van der Waals surface area contributed by atoms with Gasteiger partial charge in [-0.2, -0.15) is 0 Å². The molecule has 0 saturated carbocycles. The van der Waals surface area contributed by atoms with Gasteiger partial charge < -0.3 is 10.0 Å². The summed E-state index contributed by atoms with van der Waals surface area (Å²) in [6.45, 7) is 5.53. The van der Waals surface area contributed by atoms with Crippen molar-refractivity contribution in [2.24, 2.45) is 0 Å². The van der Waals surface area contributed by atoms with Gasteiger partial charge in [-0.05, 0) is 26.0 Å². The number of diazo groups is 1. The van der Waals surface area contributed by atoms with Crippen LogP contribution >= 0.6 is 29.1 Å². The van der Waals surface area contributed by atoms with Gasteiger partial charge in [0.15, 0.2) is 4.98 Å². The SMILES string of the molecule is CCN(CCO)c1ccc([N+]#N)c(C)c1.[Cl][Zn-]([Cl])[Cl]. The Labute approximate surface area is 130 Å². The maximum absolute atomic E-state index is 8.90. The third-order valence-electron chi connectivity index (χ3n) is 2.40. The van der Waals surface area contributed by atoms with Crippen LogP contribution in [0.5, 0.6) is 0 Å². The molecule has 1 N–H and O–H groups in total. The van der Waals surface area contributed by atoms with Gasteiger partial charge in [-0.25, -0.2) is 0 Å². The van der Waals surface area contributed by atoms with E-state index < -0.39 is 13.0 Å². The molecule has 0 aromatic heterocycles. The van der Waals surface area contributed by atoms with Gasteiger partial charge in [-0.1, -0.05) is 0 Å². The molecule has 4 nitrogen and oxygen atoms in total. The van der Waals surface area contributed by atoms with Crippen molar-refractivity contribution in [2.75, 3.05) is 24.6 Å². The quantitative estimate of drug-likeness (QED) is 0.626. The second-order valence-corrected chi connectivity index (χ2v) is 17.5. The normalized spacial score (nSPS) is 9.11. The molecule has 0 fully saturated rings. The second-order valence-electron chi connectivity index (χ2n) is 3.68. The Hall–Kier alpha value is -0.107. The van der Waals surface area contributed by atoms with Gasteiger partial charge in [0.1, 0.15) is 0 Å². The van der Waals surface area contributed by atoms with Crippen LogP contribution in [-0.4, -0.2) is 24.8 Å². The van der Waals surface area contributed by atoms with E-state index in [2.05, 4.69) is 9.88 Å². The summed E-state index contributed by atoms with van der Waals surface area (Å²) in [4.78, 5) is 5.24. The van der Waals surface area contributed by atoms with Crippen LogP contribution in [0, 0.1) is 12.3 Å². The van der Waals surface area contributed by atoms with Crippen LogP contribution in [-0.2, 0) is 13.0 Å². The standard InChI is InChI=1S/C11H16N3O.3ClH.Zn/c1-3-14(6-7-15)10-4-5-11(13-12)9(2)8-10;;;;/h4-5,8,15H,3,6-7H2,1-2H3;3*1H;/q+1;;;;+2/p-3. The molecular formula is C11H16Cl3N3OZn. The van der Waals surface area contributed by atoms with Crippen LogP contribution < -0.4 is 4.90 Å². The summed E-state index contributed by atoms with van der Waals surface area (Å²) in [6, 6.07) is 5.61. The third kappa shape index (κ3) is 7.92. The Morgan fingerprint density at radius 2 is 1.95 bits per heavy atom. The molecule has 0 spiro atoms. The van der Waals surface area contributed by atoms with Crippen molar-refractivity contribution in [3.8, 4) is 0 Å². The number of aliphatic hydroxyl groups is 1. The Bertz CT molecular complexity index is 423. The molecule has 0 radical (unpaired) electrons. The second kappa shape index (κ2) is 10.7. The van der Waals surface area contributed by atoms with Crippen molar-refractivity contribution >= 4 is 40.4 Å². The van der Waals surface area contributed by atoms with Crippen LogP contribution in [0.2, 0.25) is 0 Å². The summed E-state index contributed by atoms with van der Waals surface area (Å²) in [5.41, 5.74) is 2.54. The fourth-order valence-corrected chi connectivity index (χ4v) is 1.54. The van der Waals surface area contributed by atoms with Crippen LogP contribution in [0.15, 0.2) is 18.2 Å². The molecule has 19 heavy (non-hydrogen) atoms. The van der Waals surface area contributed by atoms with Gasteiger partial charge in [-0.3, -0.25) is 0 Å². The molecule has 0 unspecified atom stereocenters. The summed E-state index contributed by atoms with van der Waals surface area (Å²) in [6.07, 6.45) is 0. The van der Waals surface area contributed by atoms with Crippen LogP contribution in [0.25, 0.3) is 4.98 Å². The van der Waals surface area contributed by atoms with E-state index in [1.54, 1.807) is 6.07 Å². The minimum absolute atomic E-state index is 0.138. The first-order valence-electron chi connectivity index (χ1n) is 5.84. The van der Waals surface area contributed by atoms with Crippen molar-refractivity contribution in [3.05, 3.63) is 28.7 Å². The van der Waals surface area contributed by atoms with Crippen molar-refractivity contribution in [2.45, 2.75) is 13.8 Å². The molecule has 0 aliphatic heterocycles. The summed E-state index contributed by atoms with van der Waals surface area (Å²) in [5, 5.41) is 17.6. The van der Waals surface area contributed by atoms with Crippen molar-refractivity contribution in [1.29, 1.82) is 5.39 Å². The van der Waals surface area contributed by atoms with E-state index in [0.717, 1.165) is 17.8 Å². The first kappa shape index (κ1) is 18.9. The Balaban J connectivity index is 0.000000711. The topological polar surface area (TPSA) is 51.6 Å². The van der Waals surface area contributed by atoms with E-state index in [1.807, 2.05) is 26.0 Å². The number of halogens is 3. The van der Waals surface area contributed by atoms with Gasteiger partial charge in [0.2, 0.25) is 5.39 Å². The number of nitrogens with zero attached hydrogens (tertiary/aromatic N) is 3. The predicted octanol–water partition coefficient (Wildman–Crippen LogP) is 4.36. The zero-order chi connectivity index (χ0) is 14.8. The van der Waals surface area contributed by atoms with Crippen molar-refractivity contribution in [1.82, 2.24) is 0 Å². The van der Waals surface area contributed by atoms with E-state index >= 15 is 0 Å². The van der Waals surface area contributed by atoms with Gasteiger partial charge >= 0.3 is 47.7 Å². The van der Waals surface area contributed by atoms with Crippen molar-refractivity contribution < 1.29 is 18.1 Å². The number of benzene rings is 1. The third-order valence-corrected chi connectivity index (χ3v) is 2.40. The van der Waals surface area contributed by atoms with Crippen LogP contribution in [0.4, 0.5) is 11.4 Å². The fourth-order valence-electron chi connectivity index (χ4n) is 1.54. The molecule has 0 aliphatic rings. The Kier molecular flexibility index (Phi) is 10.6. The molecule has 0 amide bonds. The summed E-state index contributed by atoms with van der Waals surface area (Å²) in [5.74, 6) is 0. The average molecular weight is 378 g/mol. The van der Waals surface area contributed by atoms with E-state index in [4.69, 9.17) is 39.6 Å². The van der Waals surface area contributed by atoms with E-state index in [0.29, 0.717) is 12.2 Å². The predicted molar refractivity (Wildman–Crippen MR) is 78.5 cm³/mol. The summed E-state index contributed by atoms with van der Waals surface area (Å²) < 4.78 is 0. The monoisotopic (exact) mass is 375 g/mol. The van der Waals surface area contributed by atoms with Crippen molar-refractivity contribution in [3.63, 3.8) is 0 Å². The molecule has 0 atom stereocenters. The number of aryl methyl sites for hydroxylation is 1. The number of aliphatic hydroxyl groups excluding tert-OH is 1. The zero-order valence-electron chi connectivity index (χ0n) is 11.0. The van der Waals surface area contributed by atoms with Crippen LogP contribution in [0.1, 0.15) is 12.5 Å². The van der Waals surface area contributed by atoms with Crippen LogP contribution in [0.3, 0.4) is 0 Å². The van der Waals surface area contributed by atoms with Gasteiger partial charge in [0.25, 0.3) is 0 Å². The number of hydrogen-bond acceptors (Lipinski definition) is 3. The number of anilines is 1. The maximum atomic E-state index is 8.90. The molecule has 1 rings (SSSR count). The van der Waals surface area contributed by atoms with E-state index in [9.17, 15) is 0 Å².